The molecule has 0 atom stereocenters. The number of rotatable bonds is 5. The maximum absolute atomic E-state index is 4.95. The predicted octanol–water partition coefficient (Wildman–Crippen LogP) is 9.69. The van der Waals surface area contributed by atoms with E-state index in [9.17, 15) is 0 Å². The third-order valence-electron chi connectivity index (χ3n) is 7.25. The first kappa shape index (κ1) is 23.3. The van der Waals surface area contributed by atoms with Crippen LogP contribution in [0.15, 0.2) is 79.0 Å². The van der Waals surface area contributed by atoms with Gasteiger partial charge in [0.1, 0.15) is 0 Å². The lowest BCUT2D eigenvalue weighted by atomic mass is 9.81. The van der Waals surface area contributed by atoms with Crippen molar-refractivity contribution < 1.29 is 0 Å². The molecule has 1 aromatic heterocycles. The maximum atomic E-state index is 4.95. The van der Waals surface area contributed by atoms with Crippen molar-refractivity contribution in [2.75, 3.05) is 0 Å². The molecular formula is C34H35N. The van der Waals surface area contributed by atoms with Gasteiger partial charge in [-0.05, 0) is 80.0 Å². The summed E-state index contributed by atoms with van der Waals surface area (Å²) in [7, 11) is 0. The molecule has 0 bridgehead atoms. The van der Waals surface area contributed by atoms with E-state index in [2.05, 4.69) is 120 Å². The standard InChI is InChI=1S/C34H35N/c1-21(2)24-18-30(22(3)4)34(31(19-24)23(5)6)29-16-11-17-35-33(29)20-32-27-14-9-7-12-25(27)26-13-8-10-15-28(26)32/h7-23H,1-6H3. The summed E-state index contributed by atoms with van der Waals surface area (Å²) >= 11 is 0. The zero-order valence-corrected chi connectivity index (χ0v) is 21.8. The molecule has 0 aliphatic heterocycles. The highest BCUT2D eigenvalue weighted by Crippen LogP contribution is 2.46. The zero-order chi connectivity index (χ0) is 24.7. The Labute approximate surface area is 210 Å². The molecule has 1 heteroatoms. The van der Waals surface area contributed by atoms with Crippen molar-refractivity contribution in [1.29, 1.82) is 0 Å². The van der Waals surface area contributed by atoms with E-state index in [1.165, 1.54) is 55.6 Å². The Morgan fingerprint density at radius 1 is 0.571 bits per heavy atom. The van der Waals surface area contributed by atoms with Crippen LogP contribution in [0.4, 0.5) is 0 Å². The zero-order valence-electron chi connectivity index (χ0n) is 21.8. The fourth-order valence-electron chi connectivity index (χ4n) is 5.35. The number of hydrogen-bond acceptors (Lipinski definition) is 1. The molecule has 0 amide bonds. The third kappa shape index (κ3) is 4.14. The maximum Gasteiger partial charge on any atom is 0.0714 e. The summed E-state index contributed by atoms with van der Waals surface area (Å²) in [5.41, 5.74) is 14.3. The second-order valence-corrected chi connectivity index (χ2v) is 10.6. The topological polar surface area (TPSA) is 12.9 Å². The molecule has 176 valence electrons. The van der Waals surface area contributed by atoms with Crippen LogP contribution in [0.1, 0.15) is 92.8 Å². The lowest BCUT2D eigenvalue weighted by Gasteiger charge is -2.24. The number of hydrogen-bond donors (Lipinski definition) is 0. The molecule has 1 aliphatic rings. The average molecular weight is 458 g/mol. The molecule has 0 saturated heterocycles. The van der Waals surface area contributed by atoms with Crippen LogP contribution < -0.4 is 0 Å². The molecule has 0 fully saturated rings. The monoisotopic (exact) mass is 457 g/mol. The summed E-state index contributed by atoms with van der Waals surface area (Å²) in [6, 6.07) is 26.7. The largest absolute Gasteiger partial charge is 0.256 e. The third-order valence-corrected chi connectivity index (χ3v) is 7.25. The van der Waals surface area contributed by atoms with Gasteiger partial charge in [0.25, 0.3) is 0 Å². The summed E-state index contributed by atoms with van der Waals surface area (Å²) in [4.78, 5) is 4.95. The second kappa shape index (κ2) is 9.30. The van der Waals surface area contributed by atoms with E-state index in [0.29, 0.717) is 17.8 Å². The molecule has 0 N–H and O–H groups in total. The number of fused-ring (bicyclic) bond motifs is 3. The number of pyridine rings is 1. The minimum Gasteiger partial charge on any atom is -0.256 e. The van der Waals surface area contributed by atoms with Crippen molar-refractivity contribution in [3.8, 4) is 22.3 Å². The van der Waals surface area contributed by atoms with Gasteiger partial charge in [-0.1, -0.05) is 108 Å². The Balaban J connectivity index is 1.78. The lowest BCUT2D eigenvalue weighted by Crippen LogP contribution is -2.05. The number of benzene rings is 3. The summed E-state index contributed by atoms with van der Waals surface area (Å²) in [6.07, 6.45) is 4.24. The van der Waals surface area contributed by atoms with Crippen LogP contribution in [0, 0.1) is 0 Å². The van der Waals surface area contributed by atoms with Gasteiger partial charge in [-0.3, -0.25) is 4.98 Å². The van der Waals surface area contributed by atoms with Gasteiger partial charge in [-0.15, -0.1) is 0 Å². The van der Waals surface area contributed by atoms with E-state index in [0.717, 1.165) is 5.69 Å². The van der Waals surface area contributed by atoms with Gasteiger partial charge >= 0.3 is 0 Å². The number of aromatic nitrogens is 1. The molecule has 0 radical (unpaired) electrons. The molecule has 1 aliphatic carbocycles. The fraction of sp³-hybridized carbons (Fsp3) is 0.265. The molecule has 5 rings (SSSR count). The van der Waals surface area contributed by atoms with E-state index in [-0.39, 0.29) is 0 Å². The van der Waals surface area contributed by atoms with Crippen LogP contribution >= 0.6 is 0 Å². The highest BCUT2D eigenvalue weighted by molar-refractivity contribution is 6.07. The quantitative estimate of drug-likeness (QED) is 0.256. The van der Waals surface area contributed by atoms with Crippen LogP contribution in [0.5, 0.6) is 0 Å². The summed E-state index contributed by atoms with van der Waals surface area (Å²) in [5.74, 6) is 1.35. The molecule has 0 saturated carbocycles. The molecule has 1 heterocycles. The van der Waals surface area contributed by atoms with Gasteiger partial charge in [0.15, 0.2) is 0 Å². The Hall–Kier alpha value is -3.45. The predicted molar refractivity (Wildman–Crippen MR) is 151 cm³/mol. The first-order valence-corrected chi connectivity index (χ1v) is 12.9. The molecule has 1 nitrogen and oxygen atoms in total. The Morgan fingerprint density at radius 2 is 1.06 bits per heavy atom. The Bertz CT molecular complexity index is 1340. The van der Waals surface area contributed by atoms with Crippen LogP contribution in [-0.2, 0) is 0 Å². The van der Waals surface area contributed by atoms with E-state index in [4.69, 9.17) is 4.98 Å². The van der Waals surface area contributed by atoms with Crippen molar-refractivity contribution in [3.05, 3.63) is 113 Å². The minimum atomic E-state index is 0.426. The van der Waals surface area contributed by atoms with Gasteiger partial charge in [-0.2, -0.15) is 0 Å². The van der Waals surface area contributed by atoms with Crippen molar-refractivity contribution in [3.63, 3.8) is 0 Å². The second-order valence-electron chi connectivity index (χ2n) is 10.6. The highest BCUT2D eigenvalue weighted by Gasteiger charge is 2.24. The van der Waals surface area contributed by atoms with Gasteiger partial charge < -0.3 is 0 Å². The first-order valence-electron chi connectivity index (χ1n) is 12.9. The molecule has 3 aromatic carbocycles. The van der Waals surface area contributed by atoms with Crippen LogP contribution in [-0.4, -0.2) is 4.98 Å². The van der Waals surface area contributed by atoms with E-state index >= 15 is 0 Å². The number of nitrogens with zero attached hydrogens (tertiary/aromatic N) is 1. The van der Waals surface area contributed by atoms with Crippen LogP contribution in [0.25, 0.3) is 33.9 Å². The van der Waals surface area contributed by atoms with E-state index in [1.807, 2.05) is 6.20 Å². The van der Waals surface area contributed by atoms with E-state index < -0.39 is 0 Å². The molecule has 0 unspecified atom stereocenters. The van der Waals surface area contributed by atoms with E-state index in [1.54, 1.807) is 0 Å². The summed E-state index contributed by atoms with van der Waals surface area (Å²) < 4.78 is 0. The molecular weight excluding hydrogens is 422 g/mol. The first-order chi connectivity index (χ1) is 16.9. The molecule has 35 heavy (non-hydrogen) atoms. The Morgan fingerprint density at radius 3 is 1.54 bits per heavy atom. The smallest absolute Gasteiger partial charge is 0.0714 e. The Kier molecular flexibility index (Phi) is 6.19. The van der Waals surface area contributed by atoms with Crippen LogP contribution in [0.2, 0.25) is 0 Å². The summed E-state index contributed by atoms with van der Waals surface area (Å²) in [5, 5.41) is 0. The van der Waals surface area contributed by atoms with Crippen molar-refractivity contribution in [2.24, 2.45) is 0 Å². The normalized spacial score (nSPS) is 12.4. The van der Waals surface area contributed by atoms with Crippen molar-refractivity contribution in [1.82, 2.24) is 4.98 Å². The molecule has 0 spiro atoms. The fourth-order valence-corrected chi connectivity index (χ4v) is 5.35. The van der Waals surface area contributed by atoms with Gasteiger partial charge in [0, 0.05) is 11.8 Å². The van der Waals surface area contributed by atoms with Gasteiger partial charge in [-0.25, -0.2) is 0 Å². The van der Waals surface area contributed by atoms with Crippen LogP contribution in [0.3, 0.4) is 0 Å². The van der Waals surface area contributed by atoms with Gasteiger partial charge in [0.05, 0.1) is 5.69 Å². The van der Waals surface area contributed by atoms with Gasteiger partial charge in [0.2, 0.25) is 0 Å². The summed E-state index contributed by atoms with van der Waals surface area (Å²) in [6.45, 7) is 13.8. The minimum absolute atomic E-state index is 0.426. The average Bonchev–Trinajstić information content (AvgIpc) is 3.17. The SMILES string of the molecule is CC(C)c1cc(C(C)C)c(-c2cccnc2C=C2c3ccccc3-c3ccccc32)c(C(C)C)c1. The molecule has 4 aromatic rings. The van der Waals surface area contributed by atoms with Crippen molar-refractivity contribution >= 4 is 11.6 Å². The van der Waals surface area contributed by atoms with Crippen molar-refractivity contribution in [2.45, 2.75) is 59.3 Å². The highest BCUT2D eigenvalue weighted by atomic mass is 14.7. The lowest BCUT2D eigenvalue weighted by molar-refractivity contribution is 0.807.